The summed E-state index contributed by atoms with van der Waals surface area (Å²) in [6, 6.07) is 7.79. The quantitative estimate of drug-likeness (QED) is 0.876. The van der Waals surface area contributed by atoms with Crippen LogP contribution in [0.4, 0.5) is 0 Å². The first-order valence-electron chi connectivity index (χ1n) is 6.93. The molecule has 0 radical (unpaired) electrons. The maximum Gasteiger partial charge on any atom is 0.272 e. The van der Waals surface area contributed by atoms with E-state index >= 15 is 0 Å². The number of fused-ring (bicyclic) bond motifs is 3. The first-order valence-corrected chi connectivity index (χ1v) is 6.93. The normalized spacial score (nSPS) is 15.7. The lowest BCUT2D eigenvalue weighted by atomic mass is 10.0. The zero-order valence-electron chi connectivity index (χ0n) is 11.1. The number of aromatic amines is 1. The van der Waals surface area contributed by atoms with Crippen molar-refractivity contribution in [2.45, 2.75) is 26.9 Å². The first-order chi connectivity index (χ1) is 9.84. The van der Waals surface area contributed by atoms with E-state index in [2.05, 4.69) is 10.2 Å². The van der Waals surface area contributed by atoms with Gasteiger partial charge >= 0.3 is 0 Å². The third-order valence-corrected chi connectivity index (χ3v) is 3.99. The van der Waals surface area contributed by atoms with Gasteiger partial charge in [0.15, 0.2) is 0 Å². The summed E-state index contributed by atoms with van der Waals surface area (Å²) in [4.78, 5) is 14.4. The number of hydrogen-bond acceptors (Lipinski definition) is 3. The Bertz CT molecular complexity index is 672. The Morgan fingerprint density at radius 1 is 1.24 bits per heavy atom. The van der Waals surface area contributed by atoms with Crippen LogP contribution in [0.1, 0.15) is 36.3 Å². The number of carbonyl (C=O) groups is 1. The SMILES string of the molecule is C.O=C(c1[nH]nc2c1COc1ccccc1-2)N1CCCC1. The predicted octanol–water partition coefficient (Wildman–Crippen LogP) is 2.84. The monoisotopic (exact) mass is 285 g/mol. The van der Waals surface area contributed by atoms with Crippen molar-refractivity contribution in [3.8, 4) is 17.0 Å². The maximum absolute atomic E-state index is 12.5. The fourth-order valence-corrected chi connectivity index (χ4v) is 2.92. The molecule has 21 heavy (non-hydrogen) atoms. The van der Waals surface area contributed by atoms with Gasteiger partial charge in [-0.2, -0.15) is 5.10 Å². The van der Waals surface area contributed by atoms with E-state index in [1.165, 1.54) is 0 Å². The van der Waals surface area contributed by atoms with Gasteiger partial charge in [-0.3, -0.25) is 9.89 Å². The van der Waals surface area contributed by atoms with Gasteiger partial charge in [-0.25, -0.2) is 0 Å². The van der Waals surface area contributed by atoms with Crippen LogP contribution in [0.5, 0.6) is 5.75 Å². The summed E-state index contributed by atoms with van der Waals surface area (Å²) in [5.41, 5.74) is 3.25. The van der Waals surface area contributed by atoms with E-state index in [1.807, 2.05) is 29.2 Å². The van der Waals surface area contributed by atoms with Gasteiger partial charge in [0.25, 0.3) is 5.91 Å². The Balaban J connectivity index is 0.00000132. The van der Waals surface area contributed by atoms with Crippen LogP contribution in [0.25, 0.3) is 11.3 Å². The predicted molar refractivity (Wildman–Crippen MR) is 80.2 cm³/mol. The highest BCUT2D eigenvalue weighted by atomic mass is 16.5. The summed E-state index contributed by atoms with van der Waals surface area (Å²) < 4.78 is 5.73. The number of benzene rings is 1. The lowest BCUT2D eigenvalue weighted by Gasteiger charge is -2.19. The van der Waals surface area contributed by atoms with Crippen LogP contribution in [0.2, 0.25) is 0 Å². The Morgan fingerprint density at radius 2 is 2.00 bits per heavy atom. The molecular formula is C16H19N3O2. The number of amides is 1. The molecule has 0 saturated carbocycles. The molecular weight excluding hydrogens is 266 g/mol. The molecule has 110 valence electrons. The molecule has 0 bridgehead atoms. The summed E-state index contributed by atoms with van der Waals surface area (Å²) in [5.74, 6) is 0.867. The smallest absolute Gasteiger partial charge is 0.272 e. The van der Waals surface area contributed by atoms with Crippen LogP contribution in [-0.2, 0) is 6.61 Å². The molecule has 1 N–H and O–H groups in total. The van der Waals surface area contributed by atoms with Crippen LogP contribution in [0.15, 0.2) is 24.3 Å². The average Bonchev–Trinajstić information content (AvgIpc) is 3.16. The number of ether oxygens (including phenoxy) is 1. The lowest BCUT2D eigenvalue weighted by molar-refractivity contribution is 0.0784. The summed E-state index contributed by atoms with van der Waals surface area (Å²) in [6.45, 7) is 2.08. The fraction of sp³-hybridized carbons (Fsp3) is 0.375. The molecule has 0 unspecified atom stereocenters. The van der Waals surface area contributed by atoms with Crippen molar-refractivity contribution in [2.75, 3.05) is 13.1 Å². The standard InChI is InChI=1S/C15H15N3O2.CH4/c19-15(18-7-3-4-8-18)14-11-9-20-12-6-2-1-5-10(12)13(11)16-17-14;/h1-2,5-6H,3-4,7-9H2,(H,16,17);1H4. The van der Waals surface area contributed by atoms with Crippen LogP contribution >= 0.6 is 0 Å². The molecule has 4 rings (SSSR count). The molecule has 1 aromatic heterocycles. The number of para-hydroxylation sites is 1. The second kappa shape index (κ2) is 5.24. The van der Waals surface area contributed by atoms with Crippen molar-refractivity contribution in [3.05, 3.63) is 35.5 Å². The van der Waals surface area contributed by atoms with Crippen LogP contribution in [0.3, 0.4) is 0 Å². The number of nitrogens with one attached hydrogen (secondary N) is 1. The highest BCUT2D eigenvalue weighted by molar-refractivity contribution is 5.96. The van der Waals surface area contributed by atoms with Gasteiger partial charge in [-0.1, -0.05) is 19.6 Å². The number of carbonyl (C=O) groups excluding carboxylic acids is 1. The van der Waals surface area contributed by atoms with E-state index in [4.69, 9.17) is 4.74 Å². The molecule has 2 aliphatic heterocycles. The minimum Gasteiger partial charge on any atom is -0.488 e. The van der Waals surface area contributed by atoms with Crippen molar-refractivity contribution in [1.29, 1.82) is 0 Å². The maximum atomic E-state index is 12.5. The zero-order chi connectivity index (χ0) is 13.5. The number of nitrogens with zero attached hydrogens (tertiary/aromatic N) is 2. The molecule has 1 saturated heterocycles. The second-order valence-electron chi connectivity index (χ2n) is 5.21. The van der Waals surface area contributed by atoms with Gasteiger partial charge in [0, 0.05) is 24.2 Å². The summed E-state index contributed by atoms with van der Waals surface area (Å²) in [5, 5.41) is 7.25. The largest absolute Gasteiger partial charge is 0.488 e. The molecule has 0 spiro atoms. The molecule has 1 aromatic carbocycles. The number of likely N-dealkylation sites (tertiary alicyclic amines) is 1. The van der Waals surface area contributed by atoms with Gasteiger partial charge < -0.3 is 9.64 Å². The molecule has 5 nitrogen and oxygen atoms in total. The lowest BCUT2D eigenvalue weighted by Crippen LogP contribution is -2.29. The third kappa shape index (κ3) is 2.09. The number of rotatable bonds is 1. The van der Waals surface area contributed by atoms with E-state index in [0.29, 0.717) is 12.3 Å². The van der Waals surface area contributed by atoms with Gasteiger partial charge in [0.1, 0.15) is 23.7 Å². The summed E-state index contributed by atoms with van der Waals surface area (Å²) >= 11 is 0. The Hall–Kier alpha value is -2.30. The highest BCUT2D eigenvalue weighted by Crippen LogP contribution is 2.37. The molecule has 3 heterocycles. The average molecular weight is 285 g/mol. The minimum atomic E-state index is 0. The van der Waals surface area contributed by atoms with Crippen LogP contribution in [-0.4, -0.2) is 34.1 Å². The summed E-state index contributed by atoms with van der Waals surface area (Å²) in [7, 11) is 0. The van der Waals surface area contributed by atoms with E-state index in [0.717, 1.165) is 48.5 Å². The molecule has 1 fully saturated rings. The zero-order valence-corrected chi connectivity index (χ0v) is 11.1. The number of hydrogen-bond donors (Lipinski definition) is 1. The van der Waals surface area contributed by atoms with Gasteiger partial charge in [-0.05, 0) is 25.0 Å². The van der Waals surface area contributed by atoms with Crippen molar-refractivity contribution >= 4 is 5.91 Å². The Kier molecular flexibility index (Phi) is 3.41. The molecule has 2 aliphatic rings. The highest BCUT2D eigenvalue weighted by Gasteiger charge is 2.29. The third-order valence-electron chi connectivity index (χ3n) is 3.99. The Morgan fingerprint density at radius 3 is 2.81 bits per heavy atom. The van der Waals surface area contributed by atoms with Crippen molar-refractivity contribution in [2.24, 2.45) is 0 Å². The minimum absolute atomic E-state index is 0. The topological polar surface area (TPSA) is 58.2 Å². The second-order valence-corrected chi connectivity index (χ2v) is 5.21. The molecule has 5 heteroatoms. The first kappa shape index (κ1) is 13.7. The van der Waals surface area contributed by atoms with Gasteiger partial charge in [-0.15, -0.1) is 0 Å². The van der Waals surface area contributed by atoms with Crippen molar-refractivity contribution in [1.82, 2.24) is 15.1 Å². The van der Waals surface area contributed by atoms with Crippen molar-refractivity contribution < 1.29 is 9.53 Å². The van der Waals surface area contributed by atoms with Gasteiger partial charge in [0.05, 0.1) is 0 Å². The van der Waals surface area contributed by atoms with E-state index in [1.54, 1.807) is 0 Å². The van der Waals surface area contributed by atoms with E-state index in [9.17, 15) is 4.79 Å². The Labute approximate surface area is 123 Å². The molecule has 1 amide bonds. The van der Waals surface area contributed by atoms with Crippen LogP contribution in [0, 0.1) is 0 Å². The van der Waals surface area contributed by atoms with E-state index in [-0.39, 0.29) is 13.3 Å². The molecule has 2 aromatic rings. The van der Waals surface area contributed by atoms with Gasteiger partial charge in [0.2, 0.25) is 0 Å². The molecule has 0 atom stereocenters. The fourth-order valence-electron chi connectivity index (χ4n) is 2.92. The number of aromatic nitrogens is 2. The van der Waals surface area contributed by atoms with Crippen LogP contribution < -0.4 is 4.74 Å². The summed E-state index contributed by atoms with van der Waals surface area (Å²) in [6.07, 6.45) is 2.17. The van der Waals surface area contributed by atoms with Crippen molar-refractivity contribution in [3.63, 3.8) is 0 Å². The number of H-pyrrole nitrogens is 1. The molecule has 0 aliphatic carbocycles. The van der Waals surface area contributed by atoms with E-state index < -0.39 is 0 Å².